The van der Waals surface area contributed by atoms with Gasteiger partial charge in [0.2, 0.25) is 6.29 Å². The molecule has 0 bridgehead atoms. The molecular formula is C20H22O9. The SMILES string of the molecule is O=C(Oc1ccc(O[C@@H]2O[C@H](CO)[C@@H](O)[C@H](O)[C@H]2O)c(CO)c1)c1ccccc1. The van der Waals surface area contributed by atoms with Crippen LogP contribution in [0.4, 0.5) is 0 Å². The van der Waals surface area contributed by atoms with E-state index < -0.39 is 49.9 Å². The molecule has 9 heteroatoms. The summed E-state index contributed by atoms with van der Waals surface area (Å²) in [6.07, 6.45) is -7.20. The predicted molar refractivity (Wildman–Crippen MR) is 98.2 cm³/mol. The third-order valence-electron chi connectivity index (χ3n) is 4.51. The Kier molecular flexibility index (Phi) is 6.80. The van der Waals surface area contributed by atoms with E-state index in [1.165, 1.54) is 18.2 Å². The van der Waals surface area contributed by atoms with Gasteiger partial charge in [0.25, 0.3) is 0 Å². The normalized spacial score (nSPS) is 26.7. The second-order valence-corrected chi connectivity index (χ2v) is 6.50. The predicted octanol–water partition coefficient (Wildman–Crippen LogP) is -0.423. The summed E-state index contributed by atoms with van der Waals surface area (Å²) in [5, 5.41) is 48.6. The van der Waals surface area contributed by atoms with Crippen LogP contribution in [0.1, 0.15) is 15.9 Å². The van der Waals surface area contributed by atoms with Gasteiger partial charge in [-0.05, 0) is 30.3 Å². The Hall–Kier alpha value is -2.53. The summed E-state index contributed by atoms with van der Waals surface area (Å²) in [6, 6.07) is 12.6. The van der Waals surface area contributed by atoms with Crippen LogP contribution in [0.5, 0.6) is 11.5 Å². The van der Waals surface area contributed by atoms with Crippen molar-refractivity contribution < 1.29 is 44.5 Å². The van der Waals surface area contributed by atoms with E-state index in [9.17, 15) is 30.3 Å². The van der Waals surface area contributed by atoms with Gasteiger partial charge in [-0.15, -0.1) is 0 Å². The van der Waals surface area contributed by atoms with E-state index >= 15 is 0 Å². The van der Waals surface area contributed by atoms with Crippen LogP contribution in [0.15, 0.2) is 48.5 Å². The van der Waals surface area contributed by atoms with Gasteiger partial charge in [0.05, 0.1) is 18.8 Å². The fourth-order valence-electron chi connectivity index (χ4n) is 2.89. The molecule has 0 aliphatic carbocycles. The largest absolute Gasteiger partial charge is 0.462 e. The van der Waals surface area contributed by atoms with Crippen LogP contribution < -0.4 is 9.47 Å². The van der Waals surface area contributed by atoms with Crippen LogP contribution in [-0.4, -0.2) is 68.8 Å². The minimum Gasteiger partial charge on any atom is -0.462 e. The quantitative estimate of drug-likeness (QED) is 0.319. The van der Waals surface area contributed by atoms with Gasteiger partial charge in [-0.2, -0.15) is 0 Å². The average molecular weight is 406 g/mol. The van der Waals surface area contributed by atoms with Crippen molar-refractivity contribution in [3.05, 3.63) is 59.7 Å². The summed E-state index contributed by atoms with van der Waals surface area (Å²) < 4.78 is 16.1. The number of aliphatic hydroxyl groups excluding tert-OH is 5. The molecule has 9 nitrogen and oxygen atoms in total. The van der Waals surface area contributed by atoms with Crippen LogP contribution in [0.25, 0.3) is 0 Å². The molecule has 1 aliphatic rings. The number of carbonyl (C=O) groups is 1. The zero-order valence-electron chi connectivity index (χ0n) is 15.3. The van der Waals surface area contributed by atoms with Gasteiger partial charge in [-0.1, -0.05) is 18.2 Å². The molecule has 156 valence electrons. The maximum absolute atomic E-state index is 12.2. The zero-order chi connectivity index (χ0) is 21.0. The lowest BCUT2D eigenvalue weighted by atomic mass is 9.99. The molecule has 2 aromatic rings. The van der Waals surface area contributed by atoms with Crippen molar-refractivity contribution in [1.29, 1.82) is 0 Å². The first-order chi connectivity index (χ1) is 13.9. The Balaban J connectivity index is 1.74. The molecule has 2 aromatic carbocycles. The fraction of sp³-hybridized carbons (Fsp3) is 0.350. The van der Waals surface area contributed by atoms with Gasteiger partial charge < -0.3 is 39.7 Å². The van der Waals surface area contributed by atoms with Gasteiger partial charge in [0.1, 0.15) is 35.9 Å². The highest BCUT2D eigenvalue weighted by Gasteiger charge is 2.44. The second-order valence-electron chi connectivity index (χ2n) is 6.50. The molecule has 0 amide bonds. The summed E-state index contributed by atoms with van der Waals surface area (Å²) in [4.78, 5) is 12.2. The molecular weight excluding hydrogens is 384 g/mol. The van der Waals surface area contributed by atoms with Crippen LogP contribution in [0.3, 0.4) is 0 Å². The van der Waals surface area contributed by atoms with Gasteiger partial charge in [-0.25, -0.2) is 4.79 Å². The minimum absolute atomic E-state index is 0.108. The highest BCUT2D eigenvalue weighted by atomic mass is 16.7. The summed E-state index contributed by atoms with van der Waals surface area (Å²) in [5.74, 6) is -0.294. The lowest BCUT2D eigenvalue weighted by Gasteiger charge is -2.39. The third kappa shape index (κ3) is 4.73. The molecule has 5 N–H and O–H groups in total. The fourth-order valence-corrected chi connectivity index (χ4v) is 2.89. The van der Waals surface area contributed by atoms with Crippen LogP contribution >= 0.6 is 0 Å². The lowest BCUT2D eigenvalue weighted by molar-refractivity contribution is -0.277. The topological polar surface area (TPSA) is 146 Å². The Morgan fingerprint density at radius 3 is 2.34 bits per heavy atom. The minimum atomic E-state index is -1.59. The molecule has 1 fully saturated rings. The summed E-state index contributed by atoms with van der Waals surface area (Å²) in [5.41, 5.74) is 0.597. The van der Waals surface area contributed by atoms with Crippen molar-refractivity contribution in [1.82, 2.24) is 0 Å². The molecule has 3 rings (SSSR count). The van der Waals surface area contributed by atoms with Gasteiger partial charge in [0.15, 0.2) is 0 Å². The van der Waals surface area contributed by atoms with E-state index in [0.717, 1.165) is 0 Å². The molecule has 0 radical (unpaired) electrons. The highest BCUT2D eigenvalue weighted by Crippen LogP contribution is 2.29. The number of aliphatic hydroxyl groups is 5. The van der Waals surface area contributed by atoms with Gasteiger partial charge in [-0.3, -0.25) is 0 Å². The maximum Gasteiger partial charge on any atom is 0.343 e. The Bertz CT molecular complexity index is 824. The lowest BCUT2D eigenvalue weighted by Crippen LogP contribution is -2.60. The van der Waals surface area contributed by atoms with E-state index in [1.54, 1.807) is 30.3 Å². The van der Waals surface area contributed by atoms with Gasteiger partial charge in [0, 0.05) is 5.56 Å². The molecule has 29 heavy (non-hydrogen) atoms. The van der Waals surface area contributed by atoms with E-state index in [1.807, 2.05) is 0 Å². The van der Waals surface area contributed by atoms with Crippen molar-refractivity contribution in [2.24, 2.45) is 0 Å². The molecule has 1 heterocycles. The highest BCUT2D eigenvalue weighted by molar-refractivity contribution is 5.91. The maximum atomic E-state index is 12.2. The molecule has 0 unspecified atom stereocenters. The van der Waals surface area contributed by atoms with E-state index in [0.29, 0.717) is 5.56 Å². The first-order valence-electron chi connectivity index (χ1n) is 8.92. The Labute approximate surface area is 166 Å². The number of hydrogen-bond acceptors (Lipinski definition) is 9. The van der Waals surface area contributed by atoms with Crippen LogP contribution in [-0.2, 0) is 11.3 Å². The number of ether oxygens (including phenoxy) is 3. The molecule has 0 spiro atoms. The van der Waals surface area contributed by atoms with E-state index in [4.69, 9.17) is 14.2 Å². The first kappa shape index (κ1) is 21.2. The smallest absolute Gasteiger partial charge is 0.343 e. The molecule has 5 atom stereocenters. The number of rotatable bonds is 6. The number of benzene rings is 2. The van der Waals surface area contributed by atoms with Gasteiger partial charge >= 0.3 is 5.97 Å². The number of esters is 1. The number of hydrogen-bond donors (Lipinski definition) is 5. The second kappa shape index (κ2) is 9.31. The van der Waals surface area contributed by atoms with Crippen LogP contribution in [0.2, 0.25) is 0 Å². The Morgan fingerprint density at radius 1 is 0.966 bits per heavy atom. The van der Waals surface area contributed by atoms with E-state index in [-0.39, 0.29) is 17.1 Å². The molecule has 0 saturated carbocycles. The van der Waals surface area contributed by atoms with Crippen LogP contribution in [0, 0.1) is 0 Å². The average Bonchev–Trinajstić information content (AvgIpc) is 2.75. The third-order valence-corrected chi connectivity index (χ3v) is 4.51. The van der Waals surface area contributed by atoms with Crippen molar-refractivity contribution in [3.8, 4) is 11.5 Å². The summed E-state index contributed by atoms with van der Waals surface area (Å²) >= 11 is 0. The monoisotopic (exact) mass is 406 g/mol. The van der Waals surface area contributed by atoms with Crippen molar-refractivity contribution in [3.63, 3.8) is 0 Å². The summed E-state index contributed by atoms with van der Waals surface area (Å²) in [6.45, 7) is -1.06. The van der Waals surface area contributed by atoms with E-state index in [2.05, 4.69) is 0 Å². The van der Waals surface area contributed by atoms with Crippen molar-refractivity contribution in [2.75, 3.05) is 6.61 Å². The molecule has 1 aliphatic heterocycles. The molecule has 0 aromatic heterocycles. The zero-order valence-corrected chi connectivity index (χ0v) is 15.3. The Morgan fingerprint density at radius 2 is 1.69 bits per heavy atom. The van der Waals surface area contributed by atoms with Crippen molar-refractivity contribution >= 4 is 5.97 Å². The van der Waals surface area contributed by atoms with Crippen molar-refractivity contribution in [2.45, 2.75) is 37.3 Å². The first-order valence-corrected chi connectivity index (χ1v) is 8.92. The number of carbonyl (C=O) groups excluding carboxylic acids is 1. The summed E-state index contributed by atoms with van der Waals surface area (Å²) in [7, 11) is 0. The molecule has 1 saturated heterocycles. The standard InChI is InChI=1S/C20H22O9/c21-9-12-8-13(27-19(26)11-4-2-1-3-5-11)6-7-14(12)28-20-18(25)17(24)16(23)15(10-22)29-20/h1-8,15-18,20-25H,9-10H2/t15-,16-,17+,18-,20-/m1/s1.